The van der Waals surface area contributed by atoms with Gasteiger partial charge in [0, 0.05) is 34.2 Å². The molecule has 0 aromatic carbocycles. The second kappa shape index (κ2) is 6.02. The highest BCUT2D eigenvalue weighted by atomic mass is 19.1. The Morgan fingerprint density at radius 1 is 1.45 bits per heavy atom. The lowest BCUT2D eigenvalue weighted by atomic mass is 10.0. The van der Waals surface area contributed by atoms with Gasteiger partial charge in [0.25, 0.3) is 0 Å². The normalized spacial score (nSPS) is 18.8. The van der Waals surface area contributed by atoms with Crippen molar-refractivity contribution in [3.8, 4) is 0 Å². The maximum Gasteiger partial charge on any atom is 0.319 e. The number of nitrogens with zero attached hydrogens (tertiary/aromatic N) is 5. The molecule has 2 heterocycles. The topological polar surface area (TPSA) is 52.6 Å². The number of urea groups is 1. The highest BCUT2D eigenvalue weighted by Crippen LogP contribution is 2.22. The molecule has 1 aliphatic heterocycles. The highest BCUT2D eigenvalue weighted by Gasteiger charge is 2.28. The number of likely N-dealkylation sites (N-methyl/N-ethyl adjacent to an activating group) is 1. The second-order valence-corrected chi connectivity index (χ2v) is 5.22. The predicted molar refractivity (Wildman–Crippen MR) is 74.1 cm³/mol. The van der Waals surface area contributed by atoms with Crippen LogP contribution >= 0.6 is 0 Å². The third-order valence-corrected chi connectivity index (χ3v) is 3.58. The minimum Gasteiger partial charge on any atom is -0.352 e. The van der Waals surface area contributed by atoms with Crippen molar-refractivity contribution >= 4 is 11.8 Å². The highest BCUT2D eigenvalue weighted by molar-refractivity contribution is 5.74. The van der Waals surface area contributed by atoms with Gasteiger partial charge in [-0.3, -0.25) is 0 Å². The number of halogens is 1. The molecule has 1 atom stereocenters. The van der Waals surface area contributed by atoms with Gasteiger partial charge in [0.05, 0.1) is 12.2 Å². The van der Waals surface area contributed by atoms with E-state index in [9.17, 15) is 9.18 Å². The Morgan fingerprint density at radius 3 is 2.85 bits per heavy atom. The zero-order chi connectivity index (χ0) is 14.7. The molecule has 1 aromatic heterocycles. The Morgan fingerprint density at radius 2 is 2.20 bits per heavy atom. The molecule has 0 spiro atoms. The van der Waals surface area contributed by atoms with Crippen LogP contribution in [0.2, 0.25) is 0 Å². The van der Waals surface area contributed by atoms with Crippen LogP contribution < -0.4 is 4.90 Å². The van der Waals surface area contributed by atoms with Crippen molar-refractivity contribution in [3.63, 3.8) is 0 Å². The summed E-state index contributed by atoms with van der Waals surface area (Å²) < 4.78 is 13.7. The first-order valence-corrected chi connectivity index (χ1v) is 6.65. The van der Waals surface area contributed by atoms with Crippen molar-refractivity contribution in [2.24, 2.45) is 0 Å². The Balaban J connectivity index is 2.09. The molecule has 2 rings (SSSR count). The van der Waals surface area contributed by atoms with Crippen LogP contribution in [0.5, 0.6) is 0 Å². The lowest BCUT2D eigenvalue weighted by molar-refractivity contribution is 0.157. The molecule has 1 aliphatic rings. The maximum atomic E-state index is 13.7. The molecule has 1 saturated heterocycles. The van der Waals surface area contributed by atoms with Gasteiger partial charge in [-0.05, 0) is 12.8 Å². The van der Waals surface area contributed by atoms with Gasteiger partial charge in [-0.2, -0.15) is 0 Å². The van der Waals surface area contributed by atoms with Crippen LogP contribution in [0, 0.1) is 5.82 Å². The minimum absolute atomic E-state index is 0.0417. The van der Waals surface area contributed by atoms with E-state index in [1.165, 1.54) is 12.5 Å². The summed E-state index contributed by atoms with van der Waals surface area (Å²) in [5.41, 5.74) is 0. The molecule has 1 aromatic rings. The molecular formula is C13H20FN5O. The fourth-order valence-corrected chi connectivity index (χ4v) is 2.47. The summed E-state index contributed by atoms with van der Waals surface area (Å²) in [7, 11) is 5.24. The molecule has 0 aliphatic carbocycles. The Hall–Kier alpha value is -1.92. The molecule has 2 amide bonds. The van der Waals surface area contributed by atoms with E-state index in [1.54, 1.807) is 30.9 Å². The number of amides is 2. The maximum absolute atomic E-state index is 13.7. The SMILES string of the molecule is CN(C)C(=O)N(C)C1CCCN(c2ncncc2F)C1. The zero-order valence-corrected chi connectivity index (χ0v) is 12.1. The van der Waals surface area contributed by atoms with Crippen LogP contribution in [0.1, 0.15) is 12.8 Å². The van der Waals surface area contributed by atoms with Gasteiger partial charge in [-0.15, -0.1) is 0 Å². The Kier molecular flexibility index (Phi) is 4.36. The first-order valence-electron chi connectivity index (χ1n) is 6.65. The van der Waals surface area contributed by atoms with Crippen molar-refractivity contribution in [2.45, 2.75) is 18.9 Å². The van der Waals surface area contributed by atoms with Gasteiger partial charge in [-0.1, -0.05) is 0 Å². The standard InChI is InChI=1S/C13H20FN5O/c1-17(2)13(20)18(3)10-5-4-6-19(8-10)12-11(14)7-15-9-16-12/h7,9-10H,4-6,8H2,1-3H3. The van der Waals surface area contributed by atoms with Gasteiger partial charge in [-0.25, -0.2) is 19.2 Å². The third kappa shape index (κ3) is 2.97. The van der Waals surface area contributed by atoms with Crippen molar-refractivity contribution in [3.05, 3.63) is 18.3 Å². The average Bonchev–Trinajstić information content (AvgIpc) is 2.46. The van der Waals surface area contributed by atoms with E-state index in [-0.39, 0.29) is 12.1 Å². The molecule has 0 radical (unpaired) electrons. The smallest absolute Gasteiger partial charge is 0.319 e. The molecule has 110 valence electrons. The van der Waals surface area contributed by atoms with E-state index in [2.05, 4.69) is 9.97 Å². The lowest BCUT2D eigenvalue weighted by Gasteiger charge is -2.38. The van der Waals surface area contributed by atoms with Gasteiger partial charge in [0.2, 0.25) is 0 Å². The number of aromatic nitrogens is 2. The number of carbonyl (C=O) groups excluding carboxylic acids is 1. The summed E-state index contributed by atoms with van der Waals surface area (Å²) in [6.45, 7) is 1.33. The quantitative estimate of drug-likeness (QED) is 0.817. The fourth-order valence-electron chi connectivity index (χ4n) is 2.47. The lowest BCUT2D eigenvalue weighted by Crippen LogP contribution is -2.51. The molecule has 20 heavy (non-hydrogen) atoms. The fraction of sp³-hybridized carbons (Fsp3) is 0.615. The molecule has 0 N–H and O–H groups in total. The van der Waals surface area contributed by atoms with Crippen LogP contribution in [0.4, 0.5) is 15.0 Å². The van der Waals surface area contributed by atoms with Crippen LogP contribution in [-0.2, 0) is 0 Å². The monoisotopic (exact) mass is 281 g/mol. The van der Waals surface area contributed by atoms with Gasteiger partial charge >= 0.3 is 6.03 Å². The number of hydrogen-bond donors (Lipinski definition) is 0. The summed E-state index contributed by atoms with van der Waals surface area (Å²) in [6.07, 6.45) is 4.33. The second-order valence-electron chi connectivity index (χ2n) is 5.22. The van der Waals surface area contributed by atoms with Crippen LogP contribution in [0.25, 0.3) is 0 Å². The third-order valence-electron chi connectivity index (χ3n) is 3.58. The number of anilines is 1. The summed E-state index contributed by atoms with van der Waals surface area (Å²) in [5.74, 6) is -0.106. The molecular weight excluding hydrogens is 261 g/mol. The van der Waals surface area contributed by atoms with Gasteiger partial charge < -0.3 is 14.7 Å². The summed E-state index contributed by atoms with van der Waals surface area (Å²) in [4.78, 5) is 24.8. The Labute approximate surface area is 118 Å². The van der Waals surface area contributed by atoms with Crippen molar-refractivity contribution in [1.82, 2.24) is 19.8 Å². The first kappa shape index (κ1) is 14.5. The molecule has 1 unspecified atom stereocenters. The number of carbonyl (C=O) groups is 1. The van der Waals surface area contributed by atoms with Crippen molar-refractivity contribution < 1.29 is 9.18 Å². The van der Waals surface area contributed by atoms with E-state index < -0.39 is 5.82 Å². The molecule has 0 bridgehead atoms. The van der Waals surface area contributed by atoms with E-state index in [4.69, 9.17) is 0 Å². The largest absolute Gasteiger partial charge is 0.352 e. The summed E-state index contributed by atoms with van der Waals surface area (Å²) in [5, 5.41) is 0. The minimum atomic E-state index is -0.422. The molecule has 1 fully saturated rings. The molecule has 6 nitrogen and oxygen atoms in total. The van der Waals surface area contributed by atoms with Crippen LogP contribution in [-0.4, -0.2) is 66.1 Å². The van der Waals surface area contributed by atoms with Crippen LogP contribution in [0.3, 0.4) is 0 Å². The summed E-state index contributed by atoms with van der Waals surface area (Å²) >= 11 is 0. The van der Waals surface area contributed by atoms with Gasteiger partial charge in [0.15, 0.2) is 11.6 Å². The average molecular weight is 281 g/mol. The van der Waals surface area contributed by atoms with Crippen molar-refractivity contribution in [2.75, 3.05) is 39.1 Å². The van der Waals surface area contributed by atoms with E-state index >= 15 is 0 Å². The number of hydrogen-bond acceptors (Lipinski definition) is 4. The van der Waals surface area contributed by atoms with E-state index in [0.29, 0.717) is 12.4 Å². The number of rotatable bonds is 2. The van der Waals surface area contributed by atoms with Gasteiger partial charge in [0.1, 0.15) is 6.33 Å². The zero-order valence-electron chi connectivity index (χ0n) is 12.1. The number of piperidine rings is 1. The van der Waals surface area contributed by atoms with Crippen molar-refractivity contribution in [1.29, 1.82) is 0 Å². The predicted octanol–water partition coefficient (Wildman–Crippen LogP) is 1.20. The van der Waals surface area contributed by atoms with E-state index in [0.717, 1.165) is 19.4 Å². The van der Waals surface area contributed by atoms with E-state index in [1.807, 2.05) is 4.90 Å². The molecule has 7 heteroatoms. The van der Waals surface area contributed by atoms with Crippen LogP contribution in [0.15, 0.2) is 12.5 Å². The molecule has 0 saturated carbocycles. The summed E-state index contributed by atoms with van der Waals surface area (Å²) in [6, 6.07) is 0.0213. The first-order chi connectivity index (χ1) is 9.50. The Bertz CT molecular complexity index is 482.